The van der Waals surface area contributed by atoms with Gasteiger partial charge in [-0.05, 0) is 12.5 Å². The van der Waals surface area contributed by atoms with Crippen molar-refractivity contribution in [2.75, 3.05) is 26.3 Å². The summed E-state index contributed by atoms with van der Waals surface area (Å²) in [5.74, 6) is -1.70. The lowest BCUT2D eigenvalue weighted by molar-refractivity contribution is -0.139. The number of hydrogen-bond acceptors (Lipinski definition) is 5. The largest absolute Gasteiger partial charge is 0.480 e. The minimum atomic E-state index is -3.78. The fraction of sp³-hybridized carbons (Fsp3) is 0.533. The Hall–Kier alpha value is -1.26. The zero-order valence-corrected chi connectivity index (χ0v) is 14.9. The second kappa shape index (κ2) is 7.96. The van der Waals surface area contributed by atoms with Crippen LogP contribution in [0.1, 0.15) is 18.0 Å². The molecule has 2 heterocycles. The first-order valence-electron chi connectivity index (χ1n) is 7.71. The zero-order chi connectivity index (χ0) is 17.3. The lowest BCUT2D eigenvalue weighted by atomic mass is 10.0. The van der Waals surface area contributed by atoms with Gasteiger partial charge >= 0.3 is 5.97 Å². The quantitative estimate of drug-likeness (QED) is 0.783. The molecule has 2 aliphatic heterocycles. The number of carboxylic acid groups (broad SMARTS) is 1. The van der Waals surface area contributed by atoms with Crippen molar-refractivity contribution < 1.29 is 27.4 Å². The summed E-state index contributed by atoms with van der Waals surface area (Å²) in [7, 11) is -3.78. The van der Waals surface area contributed by atoms with Crippen LogP contribution in [-0.4, -0.2) is 61.4 Å². The Labute approximate surface area is 151 Å². The molecule has 0 saturated carbocycles. The van der Waals surface area contributed by atoms with E-state index in [1.807, 2.05) is 0 Å². The molecule has 140 valence electrons. The van der Waals surface area contributed by atoms with E-state index in [1.54, 1.807) is 6.07 Å². The van der Waals surface area contributed by atoms with Crippen molar-refractivity contribution in [2.45, 2.75) is 23.8 Å². The van der Waals surface area contributed by atoms with Crippen LogP contribution >= 0.6 is 12.4 Å². The summed E-state index contributed by atoms with van der Waals surface area (Å²) in [4.78, 5) is 11.3. The van der Waals surface area contributed by atoms with Crippen molar-refractivity contribution in [1.82, 2.24) is 9.62 Å². The van der Waals surface area contributed by atoms with E-state index in [-0.39, 0.29) is 37.5 Å². The van der Waals surface area contributed by atoms with Gasteiger partial charge in [0.15, 0.2) is 0 Å². The highest BCUT2D eigenvalue weighted by atomic mass is 35.5. The van der Waals surface area contributed by atoms with Crippen molar-refractivity contribution in [3.05, 3.63) is 35.6 Å². The summed E-state index contributed by atoms with van der Waals surface area (Å²) in [6, 6.07) is 3.90. The second-order valence-electron chi connectivity index (χ2n) is 5.89. The zero-order valence-electron chi connectivity index (χ0n) is 13.3. The third kappa shape index (κ3) is 3.95. The minimum Gasteiger partial charge on any atom is -0.480 e. The van der Waals surface area contributed by atoms with Crippen LogP contribution in [0.25, 0.3) is 0 Å². The maximum Gasteiger partial charge on any atom is 0.320 e. The van der Waals surface area contributed by atoms with Crippen LogP contribution in [0.5, 0.6) is 0 Å². The molecule has 2 fully saturated rings. The SMILES string of the molecule is Cl.O=C(O)C1CC(S(=O)(=O)N2CCOCC2)C(c2ccccc2F)N1. The first kappa shape index (κ1) is 20.1. The molecule has 1 aromatic rings. The third-order valence-corrected chi connectivity index (χ3v) is 6.79. The van der Waals surface area contributed by atoms with Gasteiger partial charge in [0.2, 0.25) is 10.0 Å². The van der Waals surface area contributed by atoms with Gasteiger partial charge in [-0.25, -0.2) is 12.8 Å². The number of halogens is 2. The molecule has 1 aromatic carbocycles. The summed E-state index contributed by atoms with van der Waals surface area (Å²) in [5.41, 5.74) is 0.170. The van der Waals surface area contributed by atoms with E-state index in [2.05, 4.69) is 5.32 Å². The molecule has 3 atom stereocenters. The van der Waals surface area contributed by atoms with Gasteiger partial charge in [0.25, 0.3) is 0 Å². The highest BCUT2D eigenvalue weighted by molar-refractivity contribution is 7.89. The lowest BCUT2D eigenvalue weighted by Gasteiger charge is -2.31. The Bertz CT molecular complexity index is 726. The van der Waals surface area contributed by atoms with Gasteiger partial charge < -0.3 is 9.84 Å². The van der Waals surface area contributed by atoms with Gasteiger partial charge in [0.05, 0.1) is 24.5 Å². The van der Waals surface area contributed by atoms with Gasteiger partial charge in [0.1, 0.15) is 11.9 Å². The summed E-state index contributed by atoms with van der Waals surface area (Å²) >= 11 is 0. The lowest BCUT2D eigenvalue weighted by Crippen LogP contribution is -2.46. The minimum absolute atomic E-state index is 0. The van der Waals surface area contributed by atoms with Crippen molar-refractivity contribution in [3.8, 4) is 0 Å². The Balaban J connectivity index is 0.00000225. The molecule has 25 heavy (non-hydrogen) atoms. The fourth-order valence-electron chi connectivity index (χ4n) is 3.24. The molecular formula is C15H20ClFN2O5S. The molecule has 0 bridgehead atoms. The van der Waals surface area contributed by atoms with Gasteiger partial charge in [0, 0.05) is 18.7 Å². The number of benzene rings is 1. The first-order valence-corrected chi connectivity index (χ1v) is 9.21. The Morgan fingerprint density at radius 2 is 1.92 bits per heavy atom. The van der Waals surface area contributed by atoms with E-state index < -0.39 is 39.1 Å². The maximum absolute atomic E-state index is 14.2. The van der Waals surface area contributed by atoms with Crippen LogP contribution in [0.15, 0.2) is 24.3 Å². The Morgan fingerprint density at radius 3 is 2.52 bits per heavy atom. The smallest absolute Gasteiger partial charge is 0.320 e. The molecule has 10 heteroatoms. The van der Waals surface area contributed by atoms with Crippen LogP contribution < -0.4 is 5.32 Å². The summed E-state index contributed by atoms with van der Waals surface area (Å²) < 4.78 is 46.6. The van der Waals surface area contributed by atoms with Gasteiger partial charge in [-0.2, -0.15) is 4.31 Å². The van der Waals surface area contributed by atoms with Crippen LogP contribution in [0.3, 0.4) is 0 Å². The molecule has 2 aliphatic rings. The highest BCUT2D eigenvalue weighted by Crippen LogP contribution is 2.35. The number of sulfonamides is 1. The molecule has 3 unspecified atom stereocenters. The van der Waals surface area contributed by atoms with Gasteiger partial charge in [-0.1, -0.05) is 18.2 Å². The Kier molecular flexibility index (Phi) is 6.39. The van der Waals surface area contributed by atoms with E-state index in [0.717, 1.165) is 0 Å². The van der Waals surface area contributed by atoms with Crippen LogP contribution in [0.4, 0.5) is 4.39 Å². The van der Waals surface area contributed by atoms with Gasteiger partial charge in [-0.15, -0.1) is 12.4 Å². The van der Waals surface area contributed by atoms with Gasteiger partial charge in [-0.3, -0.25) is 10.1 Å². The van der Waals surface area contributed by atoms with Crippen LogP contribution in [0.2, 0.25) is 0 Å². The van der Waals surface area contributed by atoms with Crippen LogP contribution in [-0.2, 0) is 19.6 Å². The van der Waals surface area contributed by atoms with Crippen molar-refractivity contribution in [2.24, 2.45) is 0 Å². The number of carbonyl (C=O) groups is 1. The van der Waals surface area contributed by atoms with Crippen molar-refractivity contribution in [1.29, 1.82) is 0 Å². The number of ether oxygens (including phenoxy) is 1. The molecule has 0 spiro atoms. The number of rotatable bonds is 4. The highest BCUT2D eigenvalue weighted by Gasteiger charge is 2.48. The predicted molar refractivity (Wildman–Crippen MR) is 90.7 cm³/mol. The predicted octanol–water partition coefficient (Wildman–Crippen LogP) is 0.766. The first-order chi connectivity index (χ1) is 11.4. The molecule has 0 aromatic heterocycles. The summed E-state index contributed by atoms with van der Waals surface area (Å²) in [6.45, 7) is 1.04. The third-order valence-electron chi connectivity index (χ3n) is 4.47. The number of nitrogens with zero attached hydrogens (tertiary/aromatic N) is 1. The van der Waals surface area contributed by atoms with E-state index >= 15 is 0 Å². The molecular weight excluding hydrogens is 375 g/mol. The Morgan fingerprint density at radius 1 is 1.28 bits per heavy atom. The molecule has 0 aliphatic carbocycles. The van der Waals surface area contributed by atoms with Crippen LogP contribution in [0, 0.1) is 5.82 Å². The number of aliphatic carboxylic acids is 1. The number of morpholine rings is 1. The average molecular weight is 395 g/mol. The number of carboxylic acids is 1. The molecule has 2 N–H and O–H groups in total. The summed E-state index contributed by atoms with van der Waals surface area (Å²) in [5, 5.41) is 11.0. The van der Waals surface area contributed by atoms with E-state index in [1.165, 1.54) is 22.5 Å². The standard InChI is InChI=1S/C15H19FN2O5S.ClH/c16-11-4-2-1-3-10(11)14-13(9-12(17-14)15(19)20)24(21,22)18-5-7-23-8-6-18;/h1-4,12-14,17H,5-9H2,(H,19,20);1H. The van der Waals surface area contributed by atoms with E-state index in [4.69, 9.17) is 4.74 Å². The second-order valence-corrected chi connectivity index (χ2v) is 8.04. The molecule has 0 amide bonds. The number of hydrogen-bond donors (Lipinski definition) is 2. The van der Waals surface area contributed by atoms with E-state index in [0.29, 0.717) is 13.2 Å². The average Bonchev–Trinajstić information content (AvgIpc) is 3.02. The van der Waals surface area contributed by atoms with Crippen molar-refractivity contribution >= 4 is 28.4 Å². The molecule has 7 nitrogen and oxygen atoms in total. The summed E-state index contributed by atoms with van der Waals surface area (Å²) in [6.07, 6.45) is -0.103. The molecule has 0 radical (unpaired) electrons. The van der Waals surface area contributed by atoms with Crippen molar-refractivity contribution in [3.63, 3.8) is 0 Å². The molecule has 3 rings (SSSR count). The number of nitrogens with one attached hydrogen (secondary N) is 1. The monoisotopic (exact) mass is 394 g/mol. The normalized spacial score (nSPS) is 27.6. The fourth-order valence-corrected chi connectivity index (χ4v) is 5.28. The van der Waals surface area contributed by atoms with E-state index in [9.17, 15) is 22.7 Å². The maximum atomic E-state index is 14.2. The molecule has 2 saturated heterocycles. The topological polar surface area (TPSA) is 95.9 Å².